The van der Waals surface area contributed by atoms with Gasteiger partial charge in [-0.3, -0.25) is 4.79 Å². The molecule has 0 aliphatic carbocycles. The molecule has 0 aromatic carbocycles. The lowest BCUT2D eigenvalue weighted by Gasteiger charge is -2.41. The van der Waals surface area contributed by atoms with Gasteiger partial charge in [0.2, 0.25) is 0 Å². The molecule has 0 bridgehead atoms. The predicted octanol–water partition coefficient (Wildman–Crippen LogP) is 0.103. The van der Waals surface area contributed by atoms with Crippen LogP contribution in [0.2, 0.25) is 0 Å². The molecule has 2 atom stereocenters. The minimum absolute atomic E-state index is 0.0808. The van der Waals surface area contributed by atoms with Crippen LogP contribution in [-0.4, -0.2) is 41.8 Å². The van der Waals surface area contributed by atoms with Crippen molar-refractivity contribution in [1.82, 2.24) is 9.97 Å². The van der Waals surface area contributed by atoms with Crippen molar-refractivity contribution in [3.05, 3.63) is 22.7 Å². The molecule has 1 spiro atoms. The molecule has 2 aliphatic heterocycles. The van der Waals surface area contributed by atoms with Gasteiger partial charge < -0.3 is 20.4 Å². The van der Waals surface area contributed by atoms with Crippen LogP contribution in [0.1, 0.15) is 19.8 Å². The molecule has 2 aliphatic rings. The first-order valence-corrected chi connectivity index (χ1v) is 6.78. The third-order valence-electron chi connectivity index (χ3n) is 4.59. The van der Waals surface area contributed by atoms with Crippen LogP contribution in [0, 0.1) is 5.41 Å². The Labute approximate surface area is 112 Å². The molecule has 0 amide bonds. The summed E-state index contributed by atoms with van der Waals surface area (Å²) in [5, 5.41) is 0. The minimum atomic E-state index is -0.126. The zero-order valence-corrected chi connectivity index (χ0v) is 11.1. The van der Waals surface area contributed by atoms with Gasteiger partial charge in [-0.05, 0) is 19.8 Å². The fourth-order valence-electron chi connectivity index (χ4n) is 3.21. The minimum Gasteiger partial charge on any atom is -0.376 e. The summed E-state index contributed by atoms with van der Waals surface area (Å²) in [4.78, 5) is 20.6. The first-order valence-electron chi connectivity index (χ1n) is 6.78. The van der Waals surface area contributed by atoms with E-state index < -0.39 is 0 Å². The summed E-state index contributed by atoms with van der Waals surface area (Å²) in [6.07, 6.45) is 5.21. The summed E-state index contributed by atoms with van der Waals surface area (Å²) in [5.41, 5.74) is 6.23. The monoisotopic (exact) mass is 264 g/mol. The number of nitrogens with zero attached hydrogens (tertiary/aromatic N) is 2. The number of nitrogens with two attached hydrogens (primary N) is 1. The van der Waals surface area contributed by atoms with Crippen LogP contribution in [0.5, 0.6) is 0 Å². The van der Waals surface area contributed by atoms with Crippen molar-refractivity contribution in [3.8, 4) is 0 Å². The molecule has 3 heterocycles. The molecule has 0 radical (unpaired) electrons. The maximum atomic E-state index is 11.7. The predicted molar refractivity (Wildman–Crippen MR) is 72.1 cm³/mol. The van der Waals surface area contributed by atoms with Crippen LogP contribution >= 0.6 is 0 Å². The van der Waals surface area contributed by atoms with E-state index in [0.717, 1.165) is 32.5 Å². The number of anilines is 1. The largest absolute Gasteiger partial charge is 0.376 e. The van der Waals surface area contributed by atoms with Gasteiger partial charge >= 0.3 is 0 Å². The molecule has 3 rings (SSSR count). The van der Waals surface area contributed by atoms with E-state index in [2.05, 4.69) is 9.97 Å². The smallest absolute Gasteiger partial charge is 0.290 e. The summed E-state index contributed by atoms with van der Waals surface area (Å²) in [6, 6.07) is 0.0941. The van der Waals surface area contributed by atoms with Gasteiger partial charge in [0, 0.05) is 36.9 Å². The SMILES string of the molecule is C[C@@H]1OCC2(CCN(c3ncc[nH]c3=O)CC2)[C@@H]1N. The lowest BCUT2D eigenvalue weighted by molar-refractivity contribution is 0.0974. The van der Waals surface area contributed by atoms with Gasteiger partial charge in [0.15, 0.2) is 5.82 Å². The summed E-state index contributed by atoms with van der Waals surface area (Å²) in [7, 11) is 0. The second-order valence-electron chi connectivity index (χ2n) is 5.63. The average Bonchev–Trinajstić information content (AvgIpc) is 2.70. The Bertz CT molecular complexity index is 507. The van der Waals surface area contributed by atoms with Crippen molar-refractivity contribution in [2.45, 2.75) is 31.9 Å². The van der Waals surface area contributed by atoms with E-state index in [1.54, 1.807) is 12.4 Å². The van der Waals surface area contributed by atoms with Gasteiger partial charge in [0.25, 0.3) is 5.56 Å². The highest BCUT2D eigenvalue weighted by atomic mass is 16.5. The molecule has 19 heavy (non-hydrogen) atoms. The average molecular weight is 264 g/mol. The Kier molecular flexibility index (Phi) is 3.06. The number of H-pyrrole nitrogens is 1. The van der Waals surface area contributed by atoms with E-state index in [-0.39, 0.29) is 23.1 Å². The Morgan fingerprint density at radius 2 is 2.26 bits per heavy atom. The van der Waals surface area contributed by atoms with Gasteiger partial charge in [-0.15, -0.1) is 0 Å². The van der Waals surface area contributed by atoms with E-state index in [9.17, 15) is 4.79 Å². The standard InChI is InChI=1S/C13H20N4O2/c1-9-10(14)13(8-19-9)2-6-17(7-3-13)11-12(18)16-5-4-15-11/h4-5,9-10H,2-3,6-8,14H2,1H3,(H,16,18)/t9-,10+/m0/s1. The van der Waals surface area contributed by atoms with E-state index in [1.165, 1.54) is 0 Å². The van der Waals surface area contributed by atoms with Gasteiger partial charge in [0.1, 0.15) is 0 Å². The van der Waals surface area contributed by atoms with Gasteiger partial charge in [-0.2, -0.15) is 0 Å². The Morgan fingerprint density at radius 1 is 1.53 bits per heavy atom. The lowest BCUT2D eigenvalue weighted by Crippen LogP contribution is -2.51. The van der Waals surface area contributed by atoms with E-state index in [0.29, 0.717) is 5.82 Å². The number of piperidine rings is 1. The molecule has 104 valence electrons. The molecule has 2 saturated heterocycles. The first kappa shape index (κ1) is 12.6. The van der Waals surface area contributed by atoms with Crippen molar-refractivity contribution in [3.63, 3.8) is 0 Å². The van der Waals surface area contributed by atoms with Crippen LogP contribution in [0.25, 0.3) is 0 Å². The molecule has 0 unspecified atom stereocenters. The third-order valence-corrected chi connectivity index (χ3v) is 4.59. The molecule has 1 aromatic rings. The maximum Gasteiger partial charge on any atom is 0.290 e. The topological polar surface area (TPSA) is 84.2 Å². The number of hydrogen-bond donors (Lipinski definition) is 2. The number of aromatic amines is 1. The molecule has 1 aromatic heterocycles. The van der Waals surface area contributed by atoms with Gasteiger partial charge in [-0.1, -0.05) is 0 Å². The van der Waals surface area contributed by atoms with Crippen LogP contribution in [0.3, 0.4) is 0 Å². The Balaban J connectivity index is 1.74. The molecular formula is C13H20N4O2. The molecule has 6 heteroatoms. The number of rotatable bonds is 1. The van der Waals surface area contributed by atoms with E-state index in [1.807, 2.05) is 11.8 Å². The highest BCUT2D eigenvalue weighted by molar-refractivity contribution is 5.36. The Morgan fingerprint density at radius 3 is 2.84 bits per heavy atom. The zero-order chi connectivity index (χ0) is 13.5. The third kappa shape index (κ3) is 2.04. The van der Waals surface area contributed by atoms with Gasteiger partial charge in [0.05, 0.1) is 12.7 Å². The number of aromatic nitrogens is 2. The summed E-state index contributed by atoms with van der Waals surface area (Å²) < 4.78 is 5.70. The Hall–Kier alpha value is -1.40. The summed E-state index contributed by atoms with van der Waals surface area (Å²) >= 11 is 0. The van der Waals surface area contributed by atoms with Crippen LogP contribution in [0.15, 0.2) is 17.2 Å². The van der Waals surface area contributed by atoms with Gasteiger partial charge in [-0.25, -0.2) is 4.98 Å². The summed E-state index contributed by atoms with van der Waals surface area (Å²) in [6.45, 7) is 4.39. The van der Waals surface area contributed by atoms with E-state index in [4.69, 9.17) is 10.5 Å². The molecule has 2 fully saturated rings. The fourth-order valence-corrected chi connectivity index (χ4v) is 3.21. The maximum absolute atomic E-state index is 11.7. The number of ether oxygens (including phenoxy) is 1. The highest BCUT2D eigenvalue weighted by Gasteiger charge is 2.47. The fraction of sp³-hybridized carbons (Fsp3) is 0.692. The second kappa shape index (κ2) is 4.61. The quantitative estimate of drug-likeness (QED) is 0.751. The lowest BCUT2D eigenvalue weighted by atomic mass is 9.73. The molecule has 0 saturated carbocycles. The first-order chi connectivity index (χ1) is 9.12. The van der Waals surface area contributed by atoms with Crippen molar-refractivity contribution < 1.29 is 4.74 Å². The normalized spacial score (nSPS) is 29.9. The van der Waals surface area contributed by atoms with Crippen molar-refractivity contribution >= 4 is 5.82 Å². The van der Waals surface area contributed by atoms with Crippen molar-refractivity contribution in [2.75, 3.05) is 24.6 Å². The van der Waals surface area contributed by atoms with E-state index >= 15 is 0 Å². The number of hydrogen-bond acceptors (Lipinski definition) is 5. The molecule has 3 N–H and O–H groups in total. The second-order valence-corrected chi connectivity index (χ2v) is 5.63. The van der Waals surface area contributed by atoms with Crippen molar-refractivity contribution in [2.24, 2.45) is 11.1 Å². The molecular weight excluding hydrogens is 244 g/mol. The highest BCUT2D eigenvalue weighted by Crippen LogP contribution is 2.41. The molecule has 6 nitrogen and oxygen atoms in total. The van der Waals surface area contributed by atoms with Crippen LogP contribution < -0.4 is 16.2 Å². The van der Waals surface area contributed by atoms with Crippen LogP contribution in [-0.2, 0) is 4.74 Å². The van der Waals surface area contributed by atoms with Crippen LogP contribution in [0.4, 0.5) is 5.82 Å². The zero-order valence-electron chi connectivity index (χ0n) is 11.1. The summed E-state index contributed by atoms with van der Waals surface area (Å²) in [5.74, 6) is 0.512. The van der Waals surface area contributed by atoms with Crippen molar-refractivity contribution in [1.29, 1.82) is 0 Å². The number of nitrogens with one attached hydrogen (secondary N) is 1.